The maximum Gasteiger partial charge on any atom is 0.145 e. The van der Waals surface area contributed by atoms with E-state index in [0.717, 1.165) is 11.3 Å². The number of ether oxygens (including phenoxy) is 1. The fourth-order valence-electron chi connectivity index (χ4n) is 1.77. The minimum Gasteiger partial charge on any atom is -0.493 e. The van der Waals surface area contributed by atoms with Crippen molar-refractivity contribution in [3.8, 4) is 17.0 Å². The van der Waals surface area contributed by atoms with Gasteiger partial charge in [0.05, 0.1) is 22.3 Å². The van der Waals surface area contributed by atoms with Crippen LogP contribution in [0, 0.1) is 0 Å². The van der Waals surface area contributed by atoms with Gasteiger partial charge in [-0.25, -0.2) is 4.98 Å². The molecule has 0 aliphatic rings. The van der Waals surface area contributed by atoms with Gasteiger partial charge in [-0.3, -0.25) is 0 Å². The van der Waals surface area contributed by atoms with Gasteiger partial charge in [0.1, 0.15) is 11.6 Å². The Kier molecular flexibility index (Phi) is 4.51. The van der Waals surface area contributed by atoms with Crippen LogP contribution >= 0.6 is 23.2 Å². The number of rotatable bonds is 4. The molecule has 1 N–H and O–H groups in total. The molecule has 2 aromatic rings. The summed E-state index contributed by atoms with van der Waals surface area (Å²) in [4.78, 5) is 4.45. The van der Waals surface area contributed by atoms with Crippen molar-refractivity contribution in [2.24, 2.45) is 0 Å². The molecule has 1 aromatic heterocycles. The van der Waals surface area contributed by atoms with Gasteiger partial charge in [0.25, 0.3) is 0 Å². The summed E-state index contributed by atoms with van der Waals surface area (Å²) >= 11 is 12.3. The third-order valence-electron chi connectivity index (χ3n) is 2.61. The zero-order chi connectivity index (χ0) is 13.8. The summed E-state index contributed by atoms with van der Waals surface area (Å²) in [5.41, 5.74) is 1.50. The van der Waals surface area contributed by atoms with Crippen LogP contribution in [-0.4, -0.2) is 18.6 Å². The lowest BCUT2D eigenvalue weighted by Crippen LogP contribution is -1.98. The summed E-state index contributed by atoms with van der Waals surface area (Å²) in [5, 5.41) is 3.93. The molecule has 0 radical (unpaired) electrons. The Morgan fingerprint density at radius 2 is 1.95 bits per heavy atom. The number of hydrogen-bond donors (Lipinski definition) is 1. The largest absolute Gasteiger partial charge is 0.493 e. The molecule has 3 nitrogen and oxygen atoms in total. The van der Waals surface area contributed by atoms with Crippen molar-refractivity contribution in [2.45, 2.75) is 6.92 Å². The number of nitrogens with zero attached hydrogens (tertiary/aromatic N) is 1. The minimum absolute atomic E-state index is 0.491. The van der Waals surface area contributed by atoms with Crippen LogP contribution in [0.2, 0.25) is 10.0 Å². The van der Waals surface area contributed by atoms with Crippen molar-refractivity contribution in [3.63, 3.8) is 0 Å². The number of anilines is 1. The molecule has 5 heteroatoms. The SMILES string of the molecule is CCOc1ccccc1-c1nc(NC)c(Cl)cc1Cl. The summed E-state index contributed by atoms with van der Waals surface area (Å²) in [6.07, 6.45) is 0. The van der Waals surface area contributed by atoms with Crippen LogP contribution in [0.3, 0.4) is 0 Å². The van der Waals surface area contributed by atoms with Gasteiger partial charge in [0.15, 0.2) is 0 Å². The first-order valence-corrected chi connectivity index (χ1v) is 6.69. The van der Waals surface area contributed by atoms with E-state index < -0.39 is 0 Å². The predicted molar refractivity (Wildman–Crippen MR) is 80.4 cm³/mol. The zero-order valence-corrected chi connectivity index (χ0v) is 12.2. The zero-order valence-electron chi connectivity index (χ0n) is 10.7. The van der Waals surface area contributed by atoms with E-state index in [1.807, 2.05) is 31.2 Å². The van der Waals surface area contributed by atoms with E-state index in [1.54, 1.807) is 13.1 Å². The number of aromatic nitrogens is 1. The molecular formula is C14H14Cl2N2O. The monoisotopic (exact) mass is 296 g/mol. The number of pyridine rings is 1. The smallest absolute Gasteiger partial charge is 0.145 e. The highest BCUT2D eigenvalue weighted by atomic mass is 35.5. The standard InChI is InChI=1S/C14H14Cl2N2O/c1-3-19-12-7-5-4-6-9(12)13-10(15)8-11(16)14(17-2)18-13/h4-8H,3H2,1-2H3,(H,17,18). The Morgan fingerprint density at radius 1 is 1.21 bits per heavy atom. The first kappa shape index (κ1) is 14.0. The lowest BCUT2D eigenvalue weighted by atomic mass is 10.1. The lowest BCUT2D eigenvalue weighted by molar-refractivity contribution is 0.341. The highest BCUT2D eigenvalue weighted by Crippen LogP contribution is 2.36. The van der Waals surface area contributed by atoms with Crippen LogP contribution in [0.25, 0.3) is 11.3 Å². The molecule has 19 heavy (non-hydrogen) atoms. The summed E-state index contributed by atoms with van der Waals surface area (Å²) in [7, 11) is 1.76. The number of halogens is 2. The summed E-state index contributed by atoms with van der Waals surface area (Å²) in [6, 6.07) is 9.33. The van der Waals surface area contributed by atoms with E-state index in [1.165, 1.54) is 0 Å². The van der Waals surface area contributed by atoms with Crippen LogP contribution in [0.5, 0.6) is 5.75 Å². The van der Waals surface area contributed by atoms with Crippen LogP contribution in [-0.2, 0) is 0 Å². The van der Waals surface area contributed by atoms with E-state index in [-0.39, 0.29) is 0 Å². The van der Waals surface area contributed by atoms with Gasteiger partial charge < -0.3 is 10.1 Å². The molecule has 1 heterocycles. The maximum atomic E-state index is 6.23. The predicted octanol–water partition coefficient (Wildman–Crippen LogP) is 4.50. The van der Waals surface area contributed by atoms with Crippen molar-refractivity contribution in [2.75, 3.05) is 19.0 Å². The molecule has 0 atom stereocenters. The molecule has 0 amide bonds. The lowest BCUT2D eigenvalue weighted by Gasteiger charge is -2.12. The quantitative estimate of drug-likeness (QED) is 0.902. The first-order chi connectivity index (χ1) is 9.17. The van der Waals surface area contributed by atoms with E-state index >= 15 is 0 Å². The van der Waals surface area contributed by atoms with Gasteiger partial charge in [-0.2, -0.15) is 0 Å². The van der Waals surface area contributed by atoms with Crippen molar-refractivity contribution in [1.29, 1.82) is 0 Å². The summed E-state index contributed by atoms with van der Waals surface area (Å²) < 4.78 is 5.60. The normalized spacial score (nSPS) is 10.3. The molecule has 0 bridgehead atoms. The second kappa shape index (κ2) is 6.13. The maximum absolute atomic E-state index is 6.23. The van der Waals surface area contributed by atoms with Crippen LogP contribution in [0.1, 0.15) is 6.92 Å². The molecule has 0 saturated heterocycles. The molecule has 0 spiro atoms. The van der Waals surface area contributed by atoms with Crippen molar-refractivity contribution >= 4 is 29.0 Å². The van der Waals surface area contributed by atoms with Crippen molar-refractivity contribution < 1.29 is 4.74 Å². The van der Waals surface area contributed by atoms with E-state index in [9.17, 15) is 0 Å². The molecular weight excluding hydrogens is 283 g/mol. The van der Waals surface area contributed by atoms with Gasteiger partial charge >= 0.3 is 0 Å². The number of para-hydroxylation sites is 1. The van der Waals surface area contributed by atoms with Gasteiger partial charge in [-0.15, -0.1) is 0 Å². The second-order valence-corrected chi connectivity index (χ2v) is 4.64. The highest BCUT2D eigenvalue weighted by Gasteiger charge is 2.14. The average Bonchev–Trinajstić information content (AvgIpc) is 2.40. The minimum atomic E-state index is 0.491. The molecule has 1 aromatic carbocycles. The van der Waals surface area contributed by atoms with E-state index in [2.05, 4.69) is 10.3 Å². The molecule has 0 aliphatic heterocycles. The van der Waals surface area contributed by atoms with Gasteiger partial charge in [0, 0.05) is 12.6 Å². The fourth-order valence-corrected chi connectivity index (χ4v) is 2.33. The third-order valence-corrected chi connectivity index (χ3v) is 3.18. The second-order valence-electron chi connectivity index (χ2n) is 3.83. The fraction of sp³-hybridized carbons (Fsp3) is 0.214. The Balaban J connectivity index is 2.58. The first-order valence-electron chi connectivity index (χ1n) is 5.93. The summed E-state index contributed by atoms with van der Waals surface area (Å²) in [6.45, 7) is 2.52. The molecule has 0 aliphatic carbocycles. The molecule has 100 valence electrons. The number of nitrogens with one attached hydrogen (secondary N) is 1. The molecule has 0 fully saturated rings. The van der Waals surface area contributed by atoms with Gasteiger partial charge in [-0.1, -0.05) is 35.3 Å². The number of benzene rings is 1. The number of hydrogen-bond acceptors (Lipinski definition) is 3. The highest BCUT2D eigenvalue weighted by molar-refractivity contribution is 6.37. The van der Waals surface area contributed by atoms with Gasteiger partial charge in [0.2, 0.25) is 0 Å². The topological polar surface area (TPSA) is 34.1 Å². The molecule has 2 rings (SSSR count). The van der Waals surface area contributed by atoms with Crippen LogP contribution < -0.4 is 10.1 Å². The van der Waals surface area contributed by atoms with Gasteiger partial charge in [-0.05, 0) is 25.1 Å². The van der Waals surface area contributed by atoms with Crippen molar-refractivity contribution in [1.82, 2.24) is 4.98 Å². The van der Waals surface area contributed by atoms with E-state index in [4.69, 9.17) is 27.9 Å². The molecule has 0 unspecified atom stereocenters. The van der Waals surface area contributed by atoms with E-state index in [0.29, 0.717) is 28.2 Å². The Morgan fingerprint density at radius 3 is 2.63 bits per heavy atom. The Labute approximate surface area is 122 Å². The average molecular weight is 297 g/mol. The Hall–Kier alpha value is -1.45. The van der Waals surface area contributed by atoms with Crippen LogP contribution in [0.15, 0.2) is 30.3 Å². The Bertz CT molecular complexity index is 588. The summed E-state index contributed by atoms with van der Waals surface area (Å²) in [5.74, 6) is 1.34. The van der Waals surface area contributed by atoms with Crippen LogP contribution in [0.4, 0.5) is 5.82 Å². The molecule has 0 saturated carbocycles. The third kappa shape index (κ3) is 2.94. The van der Waals surface area contributed by atoms with Crippen molar-refractivity contribution in [3.05, 3.63) is 40.4 Å².